The number of carbonyl (C=O) groups excluding carboxylic acids is 1. The zero-order chi connectivity index (χ0) is 15.5. The lowest BCUT2D eigenvalue weighted by molar-refractivity contribution is 0.0700. The van der Waals surface area contributed by atoms with E-state index in [9.17, 15) is 4.79 Å². The number of rotatable bonds is 3. The highest BCUT2D eigenvalue weighted by atomic mass is 35.5. The van der Waals surface area contributed by atoms with Crippen LogP contribution in [-0.2, 0) is 6.54 Å². The molecule has 1 fully saturated rings. The van der Waals surface area contributed by atoms with Crippen LogP contribution in [0.3, 0.4) is 0 Å². The topological polar surface area (TPSA) is 59.5 Å². The minimum absolute atomic E-state index is 0. The smallest absolute Gasteiger partial charge is 0.257 e. The Bertz CT molecular complexity index is 660. The van der Waals surface area contributed by atoms with Gasteiger partial charge in [0.25, 0.3) is 5.91 Å². The molecule has 0 bridgehead atoms. The van der Waals surface area contributed by atoms with E-state index in [1.54, 1.807) is 6.07 Å². The number of nitrogens with zero attached hydrogens (tertiary/aromatic N) is 1. The molecule has 2 aromatic rings. The van der Waals surface area contributed by atoms with Crippen LogP contribution in [-0.4, -0.2) is 28.9 Å². The number of benzene rings is 1. The summed E-state index contributed by atoms with van der Waals surface area (Å²) in [6.45, 7) is 1.02. The minimum atomic E-state index is -0.0105. The molecule has 4 nitrogen and oxygen atoms in total. The summed E-state index contributed by atoms with van der Waals surface area (Å²) in [6, 6.07) is 9.48. The lowest BCUT2D eigenvalue weighted by atomic mass is 10.1. The van der Waals surface area contributed by atoms with E-state index in [4.69, 9.17) is 21.8 Å². The predicted molar refractivity (Wildman–Crippen MR) is 96.4 cm³/mol. The summed E-state index contributed by atoms with van der Waals surface area (Å²) in [5.74, 6) is 2.44. The molecule has 1 atom stereocenters. The van der Waals surface area contributed by atoms with E-state index in [2.05, 4.69) is 0 Å². The second-order valence-corrected chi connectivity index (χ2v) is 6.73. The Morgan fingerprint density at radius 1 is 1.39 bits per heavy atom. The highest BCUT2D eigenvalue weighted by Gasteiger charge is 2.29. The first-order valence-corrected chi connectivity index (χ1v) is 8.64. The zero-order valence-corrected chi connectivity index (χ0v) is 14.8. The molecule has 1 amide bonds. The molecule has 1 aromatic carbocycles. The van der Waals surface area contributed by atoms with Gasteiger partial charge in [-0.25, -0.2) is 0 Å². The lowest BCUT2D eigenvalue weighted by Crippen LogP contribution is -2.40. The number of carbonyl (C=O) groups is 1. The van der Waals surface area contributed by atoms with Crippen LogP contribution in [0.15, 0.2) is 41.0 Å². The minimum Gasteiger partial charge on any atom is -0.467 e. The maximum Gasteiger partial charge on any atom is 0.257 e. The number of hydrogen-bond acceptors (Lipinski definition) is 4. The Morgan fingerprint density at radius 3 is 2.78 bits per heavy atom. The molecule has 0 radical (unpaired) electrons. The molecular formula is C16H18Cl2N2O2S. The fourth-order valence-electron chi connectivity index (χ4n) is 2.57. The van der Waals surface area contributed by atoms with Crippen LogP contribution >= 0.6 is 35.8 Å². The Balaban J connectivity index is 0.00000192. The molecule has 23 heavy (non-hydrogen) atoms. The average Bonchev–Trinajstić information content (AvgIpc) is 3.04. The molecule has 2 N–H and O–H groups in total. The third kappa shape index (κ3) is 4.04. The molecular weight excluding hydrogens is 355 g/mol. The SMILES string of the molecule is Cl.NCc1cc(C(=O)N2CCSCC2c2ccc(Cl)cc2)co1. The van der Waals surface area contributed by atoms with Gasteiger partial charge in [-0.05, 0) is 23.8 Å². The third-order valence-electron chi connectivity index (χ3n) is 3.75. The van der Waals surface area contributed by atoms with E-state index in [0.717, 1.165) is 23.6 Å². The van der Waals surface area contributed by atoms with Gasteiger partial charge in [-0.3, -0.25) is 4.79 Å². The molecule has 7 heteroatoms. The quantitative estimate of drug-likeness (QED) is 0.891. The van der Waals surface area contributed by atoms with Crippen molar-refractivity contribution in [3.05, 3.63) is 58.5 Å². The van der Waals surface area contributed by atoms with Gasteiger partial charge in [-0.1, -0.05) is 23.7 Å². The number of nitrogens with two attached hydrogens (primary N) is 1. The third-order valence-corrected chi connectivity index (χ3v) is 5.02. The van der Waals surface area contributed by atoms with Crippen LogP contribution in [0, 0.1) is 0 Å². The molecule has 0 spiro atoms. The Hall–Kier alpha value is -1.14. The van der Waals surface area contributed by atoms with Crippen LogP contribution in [0.4, 0.5) is 0 Å². The summed E-state index contributed by atoms with van der Waals surface area (Å²) in [6.07, 6.45) is 1.49. The van der Waals surface area contributed by atoms with E-state index in [0.29, 0.717) is 22.9 Å². The second kappa shape index (κ2) is 8.11. The molecule has 1 aliphatic rings. The van der Waals surface area contributed by atoms with E-state index in [-0.39, 0.29) is 24.4 Å². The van der Waals surface area contributed by atoms with Gasteiger partial charge in [0.05, 0.1) is 18.2 Å². The van der Waals surface area contributed by atoms with Crippen molar-refractivity contribution in [2.45, 2.75) is 12.6 Å². The second-order valence-electron chi connectivity index (χ2n) is 5.15. The highest BCUT2D eigenvalue weighted by molar-refractivity contribution is 7.99. The molecule has 2 heterocycles. The van der Waals surface area contributed by atoms with Gasteiger partial charge in [0.15, 0.2) is 0 Å². The van der Waals surface area contributed by atoms with Gasteiger partial charge in [-0.15, -0.1) is 12.4 Å². The maximum atomic E-state index is 12.8. The normalized spacial score (nSPS) is 17.7. The lowest BCUT2D eigenvalue weighted by Gasteiger charge is -2.35. The van der Waals surface area contributed by atoms with E-state index < -0.39 is 0 Å². The summed E-state index contributed by atoms with van der Waals surface area (Å²) in [5.41, 5.74) is 7.21. The first-order valence-electron chi connectivity index (χ1n) is 7.10. The van der Waals surface area contributed by atoms with Crippen molar-refractivity contribution in [3.8, 4) is 0 Å². The number of halogens is 2. The van der Waals surface area contributed by atoms with Crippen LogP contribution in [0.2, 0.25) is 5.02 Å². The van der Waals surface area contributed by atoms with Gasteiger partial charge < -0.3 is 15.1 Å². The molecule has 0 saturated carbocycles. The van der Waals surface area contributed by atoms with Crippen molar-refractivity contribution in [2.24, 2.45) is 5.73 Å². The van der Waals surface area contributed by atoms with Gasteiger partial charge in [0, 0.05) is 23.1 Å². The van der Waals surface area contributed by atoms with E-state index in [1.807, 2.05) is 40.9 Å². The van der Waals surface area contributed by atoms with Crippen molar-refractivity contribution in [3.63, 3.8) is 0 Å². The number of thioether (sulfide) groups is 1. The number of furan rings is 1. The van der Waals surface area contributed by atoms with E-state index >= 15 is 0 Å². The van der Waals surface area contributed by atoms with Crippen LogP contribution in [0.25, 0.3) is 0 Å². The summed E-state index contributed by atoms with van der Waals surface area (Å²) in [4.78, 5) is 14.7. The first-order chi connectivity index (χ1) is 10.7. The van der Waals surface area contributed by atoms with Crippen molar-refractivity contribution in [1.29, 1.82) is 0 Å². The molecule has 1 aromatic heterocycles. The Kier molecular flexibility index (Phi) is 6.41. The van der Waals surface area contributed by atoms with Crippen LogP contribution < -0.4 is 5.73 Å². The maximum absolute atomic E-state index is 12.8. The summed E-state index contributed by atoms with van der Waals surface area (Å²) >= 11 is 7.81. The van der Waals surface area contributed by atoms with Crippen molar-refractivity contribution < 1.29 is 9.21 Å². The largest absolute Gasteiger partial charge is 0.467 e. The number of hydrogen-bond donors (Lipinski definition) is 1. The van der Waals surface area contributed by atoms with Gasteiger partial charge in [0.2, 0.25) is 0 Å². The predicted octanol–water partition coefficient (Wildman–Crippen LogP) is 3.74. The monoisotopic (exact) mass is 372 g/mol. The first kappa shape index (κ1) is 18.2. The molecule has 0 aliphatic carbocycles. The zero-order valence-electron chi connectivity index (χ0n) is 12.4. The van der Waals surface area contributed by atoms with Crippen molar-refractivity contribution in [2.75, 3.05) is 18.1 Å². The molecule has 3 rings (SSSR count). The average molecular weight is 373 g/mol. The molecule has 124 valence electrons. The summed E-state index contributed by atoms with van der Waals surface area (Å²) < 4.78 is 5.29. The molecule has 1 saturated heterocycles. The van der Waals surface area contributed by atoms with Gasteiger partial charge in [-0.2, -0.15) is 11.8 Å². The standard InChI is InChI=1S/C16H17ClN2O2S.ClH/c17-13-3-1-11(2-4-13)15-10-22-6-5-19(15)16(20)12-7-14(8-18)21-9-12;/h1-4,7,9,15H,5-6,8,10,18H2;1H. The van der Waals surface area contributed by atoms with Crippen molar-refractivity contribution in [1.82, 2.24) is 4.90 Å². The number of amides is 1. The fraction of sp³-hybridized carbons (Fsp3) is 0.312. The van der Waals surface area contributed by atoms with E-state index in [1.165, 1.54) is 6.26 Å². The van der Waals surface area contributed by atoms with Crippen molar-refractivity contribution >= 4 is 41.7 Å². The molecule has 1 unspecified atom stereocenters. The Labute approximate surface area is 150 Å². The highest BCUT2D eigenvalue weighted by Crippen LogP contribution is 2.31. The van der Waals surface area contributed by atoms with Gasteiger partial charge in [0.1, 0.15) is 12.0 Å². The Morgan fingerprint density at radius 2 is 2.13 bits per heavy atom. The van der Waals surface area contributed by atoms with Gasteiger partial charge >= 0.3 is 0 Å². The fourth-order valence-corrected chi connectivity index (χ4v) is 3.79. The summed E-state index contributed by atoms with van der Waals surface area (Å²) in [5, 5.41) is 0.701. The molecule has 1 aliphatic heterocycles. The van der Waals surface area contributed by atoms with Crippen LogP contribution in [0.5, 0.6) is 0 Å². The van der Waals surface area contributed by atoms with Crippen LogP contribution in [0.1, 0.15) is 27.7 Å². The summed E-state index contributed by atoms with van der Waals surface area (Å²) in [7, 11) is 0.